The van der Waals surface area contributed by atoms with Gasteiger partial charge in [0, 0.05) is 19.5 Å². The molecule has 4 heterocycles. The molecule has 5 aromatic rings. The van der Waals surface area contributed by atoms with Gasteiger partial charge in [0.05, 0.1) is 43.0 Å². The van der Waals surface area contributed by atoms with Gasteiger partial charge in [0.2, 0.25) is 12.1 Å². The van der Waals surface area contributed by atoms with Crippen LogP contribution in [0.4, 0.5) is 9.59 Å². The van der Waals surface area contributed by atoms with E-state index in [0.29, 0.717) is 36.0 Å². The van der Waals surface area contributed by atoms with Crippen LogP contribution in [0, 0.1) is 0 Å². The molecule has 2 aromatic heterocycles. The fourth-order valence-electron chi connectivity index (χ4n) is 6.25. The molecular weight excluding hydrogens is 678 g/mol. The van der Waals surface area contributed by atoms with Gasteiger partial charge in [-0.25, -0.2) is 14.4 Å². The van der Waals surface area contributed by atoms with Crippen molar-refractivity contribution >= 4 is 29.3 Å². The molecule has 0 saturated carbocycles. The number of aromatic nitrogens is 6. The van der Waals surface area contributed by atoms with E-state index < -0.39 is 48.9 Å². The van der Waals surface area contributed by atoms with E-state index in [9.17, 15) is 14.4 Å². The Bertz CT molecular complexity index is 2050. The molecule has 2 aliphatic rings. The van der Waals surface area contributed by atoms with Crippen LogP contribution in [0.3, 0.4) is 0 Å². The van der Waals surface area contributed by atoms with Crippen molar-refractivity contribution < 1.29 is 47.5 Å². The number of H-pyrrole nitrogens is 1. The zero-order valence-electron chi connectivity index (χ0n) is 28.4. The van der Waals surface area contributed by atoms with Crippen molar-refractivity contribution in [2.45, 2.75) is 51.1 Å². The molecule has 1 amide bonds. The molecule has 17 nitrogen and oxygen atoms in total. The second-order valence-electron chi connectivity index (χ2n) is 11.9. The topological polar surface area (TPSA) is 200 Å². The highest BCUT2D eigenvalue weighted by molar-refractivity contribution is 6.02. The zero-order chi connectivity index (χ0) is 36.2. The van der Waals surface area contributed by atoms with Gasteiger partial charge < -0.3 is 38.5 Å². The summed E-state index contributed by atoms with van der Waals surface area (Å²) in [4.78, 5) is 42.5. The summed E-state index contributed by atoms with van der Waals surface area (Å²) in [6.45, 7) is 4.01. The van der Waals surface area contributed by atoms with Crippen LogP contribution in [0.2, 0.25) is 0 Å². The second kappa shape index (κ2) is 15.0. The lowest BCUT2D eigenvalue weighted by Gasteiger charge is -2.19. The highest BCUT2D eigenvalue weighted by atomic mass is 16.8. The minimum absolute atomic E-state index is 0.0106. The number of aromatic amines is 1. The summed E-state index contributed by atoms with van der Waals surface area (Å²) in [5, 5.41) is 16.8. The average Bonchev–Trinajstić information content (AvgIpc) is 3.96. The Morgan fingerprint density at radius 1 is 0.942 bits per heavy atom. The van der Waals surface area contributed by atoms with Crippen LogP contribution in [0.5, 0.6) is 6.01 Å². The number of alkyl carbamates (subject to hydrolysis) is 1. The molecule has 1 unspecified atom stereocenters. The average molecular weight is 714 g/mol. The number of rotatable bonds is 11. The van der Waals surface area contributed by atoms with Crippen LogP contribution in [-0.2, 0) is 35.0 Å². The van der Waals surface area contributed by atoms with Crippen molar-refractivity contribution in [3.63, 3.8) is 0 Å². The van der Waals surface area contributed by atoms with Gasteiger partial charge in [-0.15, -0.1) is 10.2 Å². The Morgan fingerprint density at radius 2 is 1.67 bits per heavy atom. The molecule has 0 radical (unpaired) electrons. The zero-order valence-corrected chi connectivity index (χ0v) is 28.4. The summed E-state index contributed by atoms with van der Waals surface area (Å²) in [6.07, 6.45) is -5.74. The van der Waals surface area contributed by atoms with Crippen molar-refractivity contribution in [3.8, 4) is 28.5 Å². The highest BCUT2D eigenvalue weighted by Crippen LogP contribution is 2.33. The number of carbonyl (C=O) groups excluding carboxylic acids is 3. The van der Waals surface area contributed by atoms with Crippen LogP contribution in [0.1, 0.15) is 29.8 Å². The number of nitrogens with zero attached hydrogens (tertiary/aromatic N) is 5. The van der Waals surface area contributed by atoms with E-state index in [1.165, 1.54) is 14.0 Å². The van der Waals surface area contributed by atoms with E-state index >= 15 is 0 Å². The summed E-state index contributed by atoms with van der Waals surface area (Å²) in [7, 11) is 1.44. The van der Waals surface area contributed by atoms with Crippen molar-refractivity contribution in [1.82, 2.24) is 35.5 Å². The highest BCUT2D eigenvalue weighted by Gasteiger charge is 2.51. The first-order valence-electron chi connectivity index (χ1n) is 16.6. The number of hydrogen-bond acceptors (Lipinski definition) is 14. The van der Waals surface area contributed by atoms with Gasteiger partial charge in [-0.2, -0.15) is 10.2 Å². The van der Waals surface area contributed by atoms with Crippen LogP contribution < -0.4 is 10.1 Å². The maximum Gasteiger partial charge on any atom is 0.511 e. The molecule has 0 aliphatic carbocycles. The molecule has 2 fully saturated rings. The summed E-state index contributed by atoms with van der Waals surface area (Å²) in [6, 6.07) is 21.1. The molecule has 5 atom stereocenters. The first-order valence-corrected chi connectivity index (χ1v) is 16.6. The number of fused-ring (bicyclic) bond motifs is 2. The molecule has 2 aliphatic heterocycles. The molecule has 52 heavy (non-hydrogen) atoms. The minimum Gasteiger partial charge on any atom is -0.465 e. The maximum absolute atomic E-state index is 13.6. The summed E-state index contributed by atoms with van der Waals surface area (Å²) < 4.78 is 40.5. The van der Waals surface area contributed by atoms with E-state index in [1.54, 1.807) is 22.8 Å². The lowest BCUT2D eigenvalue weighted by molar-refractivity contribution is -0.0987. The predicted molar refractivity (Wildman–Crippen MR) is 180 cm³/mol. The number of imidazole rings is 1. The van der Waals surface area contributed by atoms with E-state index in [-0.39, 0.29) is 18.8 Å². The third kappa shape index (κ3) is 7.08. The monoisotopic (exact) mass is 713 g/mol. The van der Waals surface area contributed by atoms with Crippen molar-refractivity contribution in [3.05, 3.63) is 77.9 Å². The van der Waals surface area contributed by atoms with Gasteiger partial charge in [0.1, 0.15) is 12.2 Å². The van der Waals surface area contributed by atoms with Gasteiger partial charge >= 0.3 is 18.2 Å². The fourth-order valence-corrected chi connectivity index (χ4v) is 6.25. The number of benzene rings is 3. The molecule has 0 bridgehead atoms. The lowest BCUT2D eigenvalue weighted by atomic mass is 9.98. The molecule has 17 heteroatoms. The third-order valence-corrected chi connectivity index (χ3v) is 8.55. The Labute approximate surface area is 296 Å². The van der Waals surface area contributed by atoms with Gasteiger partial charge in [0.15, 0.2) is 12.2 Å². The fraction of sp³-hybridized carbons (Fsp3) is 0.343. The quantitative estimate of drug-likeness (QED) is 0.113. The Balaban J connectivity index is 1.04. The van der Waals surface area contributed by atoms with E-state index in [4.69, 9.17) is 33.2 Å². The molecule has 2 N–H and O–H groups in total. The van der Waals surface area contributed by atoms with Gasteiger partial charge in [0.25, 0.3) is 6.01 Å². The summed E-state index contributed by atoms with van der Waals surface area (Å²) in [5.41, 5.74) is 4.85. The van der Waals surface area contributed by atoms with Crippen LogP contribution >= 0.6 is 0 Å². The molecule has 3 aromatic carbocycles. The van der Waals surface area contributed by atoms with Crippen LogP contribution in [-0.4, -0.2) is 106 Å². The molecule has 270 valence electrons. The first kappa shape index (κ1) is 34.4. The Hall–Kier alpha value is -6.07. The van der Waals surface area contributed by atoms with Crippen LogP contribution in [0.15, 0.2) is 66.7 Å². The standard InChI is InChI=1S/C35H35N7O10/c1-4-46-33-37-25-11-7-10-24(32(43)49-19(2)50-35(45)52-27-18-48-29-26(17-47-30(27)29)51-34(44)36-3)28(25)42(33)16-20-12-14-21(15-13-20)22-8-5-6-9-23(22)31-38-40-41-39-31/h5-15,19,26-27,29-30H,4,16-18H2,1-3H3,(H,36,44)(H,38,39,40,41)/t19?,26-,27-,29+,30+/m0/s1. The SMILES string of the molecule is CCOc1nc2cccc(C(=O)OC(C)OC(=O)O[C@H]3CO[C@H]4[C@@H]3OC[C@@H]4OC(=O)NC)c2n1Cc1ccc(-c2ccccc2-c2nn[nH]n2)cc1. The smallest absolute Gasteiger partial charge is 0.465 e. The van der Waals surface area contributed by atoms with E-state index in [0.717, 1.165) is 22.3 Å². The summed E-state index contributed by atoms with van der Waals surface area (Å²) >= 11 is 0. The molecule has 7 rings (SSSR count). The number of nitrogens with one attached hydrogen (secondary N) is 2. The number of para-hydroxylation sites is 1. The number of carbonyl (C=O) groups is 3. The van der Waals surface area contributed by atoms with Crippen molar-refractivity contribution in [2.24, 2.45) is 0 Å². The second-order valence-corrected chi connectivity index (χ2v) is 11.9. The van der Waals surface area contributed by atoms with Crippen LogP contribution in [0.25, 0.3) is 33.5 Å². The minimum atomic E-state index is -1.31. The van der Waals surface area contributed by atoms with Gasteiger partial charge in [-0.05, 0) is 41.0 Å². The number of hydrogen-bond donors (Lipinski definition) is 2. The predicted octanol–water partition coefficient (Wildman–Crippen LogP) is 3.88. The Morgan fingerprint density at radius 3 is 2.37 bits per heavy atom. The first-order chi connectivity index (χ1) is 25.3. The van der Waals surface area contributed by atoms with E-state index in [2.05, 4.69) is 30.9 Å². The molecule has 2 saturated heterocycles. The van der Waals surface area contributed by atoms with E-state index in [1.807, 2.05) is 55.5 Å². The number of ether oxygens (including phenoxy) is 7. The maximum atomic E-state index is 13.6. The normalized spacial score (nSPS) is 19.8. The van der Waals surface area contributed by atoms with Crippen molar-refractivity contribution in [2.75, 3.05) is 26.9 Å². The summed E-state index contributed by atoms with van der Waals surface area (Å²) in [5.74, 6) is -0.257. The Kier molecular flexibility index (Phi) is 9.94. The molecular formula is C35H35N7O10. The van der Waals surface area contributed by atoms with Gasteiger partial charge in [-0.1, -0.05) is 54.6 Å². The molecule has 0 spiro atoms. The largest absolute Gasteiger partial charge is 0.511 e. The van der Waals surface area contributed by atoms with Crippen molar-refractivity contribution in [1.29, 1.82) is 0 Å². The van der Waals surface area contributed by atoms with Gasteiger partial charge in [-0.3, -0.25) is 4.57 Å². The number of amides is 1. The number of tetrazole rings is 1. The lowest BCUT2D eigenvalue weighted by Crippen LogP contribution is -2.37. The third-order valence-electron chi connectivity index (χ3n) is 8.55. The number of esters is 1.